The van der Waals surface area contributed by atoms with Crippen LogP contribution in [-0.2, 0) is 14.9 Å². The van der Waals surface area contributed by atoms with E-state index < -0.39 is 21.6 Å². The summed E-state index contributed by atoms with van der Waals surface area (Å²) in [4.78, 5) is 14.7. The van der Waals surface area contributed by atoms with Gasteiger partial charge in [-0.25, -0.2) is 4.79 Å². The fraction of sp³-hybridized carbons (Fsp3) is 0.231. The van der Waals surface area contributed by atoms with E-state index in [9.17, 15) is 23.1 Å². The number of benzene rings is 3. The molecule has 0 atom stereocenters. The van der Waals surface area contributed by atoms with Crippen molar-refractivity contribution in [2.75, 3.05) is 18.0 Å². The predicted molar refractivity (Wildman–Crippen MR) is 144 cm³/mol. The Balaban J connectivity index is 0.000000580. The first kappa shape index (κ1) is 31.1. The van der Waals surface area contributed by atoms with Crippen LogP contribution in [0.1, 0.15) is 31.9 Å². The third-order valence-electron chi connectivity index (χ3n) is 5.50. The van der Waals surface area contributed by atoms with Gasteiger partial charge in [0.05, 0.1) is 0 Å². The van der Waals surface area contributed by atoms with Gasteiger partial charge in [0, 0.05) is 40.9 Å². The van der Waals surface area contributed by atoms with E-state index in [2.05, 4.69) is 24.8 Å². The number of carbonyl (C=O) groups excluding carboxylic acids is 1. The van der Waals surface area contributed by atoms with Crippen LogP contribution in [0.15, 0.2) is 60.2 Å². The molecule has 9 nitrogen and oxygen atoms in total. The van der Waals surface area contributed by atoms with E-state index >= 15 is 0 Å². The number of phenols is 1. The van der Waals surface area contributed by atoms with E-state index in [1.54, 1.807) is 43.3 Å². The number of aromatic hydroxyl groups is 1. The number of phenolic OH excluding ortho intramolecular Hbond substituents is 1. The summed E-state index contributed by atoms with van der Waals surface area (Å²) in [7, 11) is -5.84. The fourth-order valence-corrected chi connectivity index (χ4v) is 3.40. The zero-order valence-electron chi connectivity index (χ0n) is 21.3. The number of nitrogens with zero attached hydrogens (tertiary/aromatic N) is 1. The standard InChI is InChI=1S/C25H27N3O3.CHF3O3S/c1-4-28(5-2)20-10-13-22-18(15-20)6-7-19(23(22)29)14-16(3)25(30)31-21-11-8-17(9-12-21)24(26)27;2-1(3,4)8(5,6)7/h6-15,29H,4-5H2,1-3H3,(H3,26,27);(H,5,6,7)/b16-14+;. The van der Waals surface area contributed by atoms with Crippen molar-refractivity contribution < 1.29 is 40.8 Å². The van der Waals surface area contributed by atoms with Gasteiger partial charge >= 0.3 is 21.6 Å². The van der Waals surface area contributed by atoms with Crippen LogP contribution in [0, 0.1) is 5.41 Å². The lowest BCUT2D eigenvalue weighted by molar-refractivity contribution is -0.130. The van der Waals surface area contributed by atoms with Crippen LogP contribution in [0.2, 0.25) is 0 Å². The van der Waals surface area contributed by atoms with Crippen LogP contribution < -0.4 is 15.4 Å². The number of halogens is 3. The highest BCUT2D eigenvalue weighted by molar-refractivity contribution is 7.86. The molecular formula is C26H28F3N3O6S. The average Bonchev–Trinajstić information content (AvgIpc) is 2.86. The van der Waals surface area contributed by atoms with Gasteiger partial charge in [-0.2, -0.15) is 21.6 Å². The van der Waals surface area contributed by atoms with Gasteiger partial charge in [0.25, 0.3) is 0 Å². The molecule has 0 aromatic heterocycles. The Labute approximate surface area is 223 Å². The number of esters is 1. The van der Waals surface area contributed by atoms with E-state index in [0.29, 0.717) is 22.4 Å². The molecule has 3 aromatic rings. The number of amidine groups is 1. The van der Waals surface area contributed by atoms with Gasteiger partial charge in [-0.3, -0.25) is 9.96 Å². The second kappa shape index (κ2) is 12.6. The van der Waals surface area contributed by atoms with Gasteiger partial charge < -0.3 is 20.5 Å². The second-order valence-electron chi connectivity index (χ2n) is 8.16. The maximum atomic E-state index is 12.5. The lowest BCUT2D eigenvalue weighted by Gasteiger charge is -2.21. The second-order valence-corrected chi connectivity index (χ2v) is 9.57. The summed E-state index contributed by atoms with van der Waals surface area (Å²) >= 11 is 0. The largest absolute Gasteiger partial charge is 0.522 e. The molecule has 0 fully saturated rings. The third kappa shape index (κ3) is 8.19. The fourth-order valence-electron chi connectivity index (χ4n) is 3.40. The van der Waals surface area contributed by atoms with Crippen molar-refractivity contribution in [1.29, 1.82) is 5.41 Å². The Morgan fingerprint density at radius 2 is 1.64 bits per heavy atom. The quantitative estimate of drug-likeness (QED) is 0.0586. The Bertz CT molecular complexity index is 1480. The van der Waals surface area contributed by atoms with Crippen LogP contribution in [0.25, 0.3) is 16.8 Å². The molecule has 0 saturated heterocycles. The lowest BCUT2D eigenvalue weighted by Crippen LogP contribution is -2.21. The first-order valence-corrected chi connectivity index (χ1v) is 12.9. The van der Waals surface area contributed by atoms with Crippen molar-refractivity contribution in [2.24, 2.45) is 5.73 Å². The van der Waals surface area contributed by atoms with Crippen molar-refractivity contribution in [3.05, 3.63) is 71.3 Å². The maximum Gasteiger partial charge on any atom is 0.522 e. The summed E-state index contributed by atoms with van der Waals surface area (Å²) in [6.07, 6.45) is 1.61. The number of rotatable bonds is 7. The number of carbonyl (C=O) groups is 1. The highest BCUT2D eigenvalue weighted by Crippen LogP contribution is 2.33. The topological polar surface area (TPSA) is 154 Å². The molecule has 5 N–H and O–H groups in total. The van der Waals surface area contributed by atoms with Crippen LogP contribution >= 0.6 is 0 Å². The number of hydrogen-bond donors (Lipinski definition) is 4. The molecule has 0 saturated carbocycles. The molecule has 0 aliphatic heterocycles. The lowest BCUT2D eigenvalue weighted by atomic mass is 10.0. The monoisotopic (exact) mass is 567 g/mol. The number of nitrogens with one attached hydrogen (secondary N) is 1. The van der Waals surface area contributed by atoms with Crippen molar-refractivity contribution in [3.63, 3.8) is 0 Å². The van der Waals surface area contributed by atoms with Crippen LogP contribution in [0.3, 0.4) is 0 Å². The minimum atomic E-state index is -5.84. The molecule has 0 amide bonds. The zero-order chi connectivity index (χ0) is 29.5. The molecule has 3 aromatic carbocycles. The summed E-state index contributed by atoms with van der Waals surface area (Å²) in [5.41, 5.74) is 2.45. The number of alkyl halides is 3. The predicted octanol–water partition coefficient (Wildman–Crippen LogP) is 5.08. The summed E-state index contributed by atoms with van der Waals surface area (Å²) in [5, 5.41) is 19.8. The molecule has 0 aliphatic carbocycles. The van der Waals surface area contributed by atoms with Crippen LogP contribution in [-0.4, -0.2) is 48.5 Å². The van der Waals surface area contributed by atoms with Crippen LogP contribution in [0.4, 0.5) is 18.9 Å². The van der Waals surface area contributed by atoms with E-state index in [1.807, 2.05) is 18.2 Å². The van der Waals surface area contributed by atoms with Gasteiger partial charge in [-0.05, 0) is 74.7 Å². The first-order valence-electron chi connectivity index (χ1n) is 11.5. The molecular weight excluding hydrogens is 539 g/mol. The zero-order valence-corrected chi connectivity index (χ0v) is 22.1. The average molecular weight is 568 g/mol. The van der Waals surface area contributed by atoms with Gasteiger partial charge in [-0.15, -0.1) is 0 Å². The minimum absolute atomic E-state index is 0.0510. The number of anilines is 1. The molecule has 0 unspecified atom stereocenters. The molecule has 39 heavy (non-hydrogen) atoms. The van der Waals surface area contributed by atoms with Crippen LogP contribution in [0.5, 0.6) is 11.5 Å². The number of ether oxygens (including phenoxy) is 1. The van der Waals surface area contributed by atoms with E-state index in [4.69, 9.17) is 28.9 Å². The Morgan fingerprint density at radius 3 is 2.13 bits per heavy atom. The number of fused-ring (bicyclic) bond motifs is 1. The van der Waals surface area contributed by atoms with E-state index in [1.165, 1.54) is 0 Å². The summed E-state index contributed by atoms with van der Waals surface area (Å²) < 4.78 is 62.9. The molecule has 0 spiro atoms. The van der Waals surface area contributed by atoms with Gasteiger partial charge in [0.2, 0.25) is 0 Å². The highest BCUT2D eigenvalue weighted by atomic mass is 32.2. The Kier molecular flexibility index (Phi) is 10.1. The Morgan fingerprint density at radius 1 is 1.08 bits per heavy atom. The van der Waals surface area contributed by atoms with Crippen molar-refractivity contribution >= 4 is 44.5 Å². The first-order chi connectivity index (χ1) is 18.1. The molecule has 0 heterocycles. The third-order valence-corrected chi connectivity index (χ3v) is 6.08. The molecule has 0 radical (unpaired) electrons. The highest BCUT2D eigenvalue weighted by Gasteiger charge is 2.44. The summed E-state index contributed by atoms with van der Waals surface area (Å²) in [5.74, 6) is -0.0899. The van der Waals surface area contributed by atoms with Crippen molar-refractivity contribution in [3.8, 4) is 11.5 Å². The van der Waals surface area contributed by atoms with Gasteiger partial charge in [0.15, 0.2) is 0 Å². The number of nitrogen functional groups attached to an aromatic ring is 1. The van der Waals surface area contributed by atoms with E-state index in [0.717, 1.165) is 29.5 Å². The summed E-state index contributed by atoms with van der Waals surface area (Å²) in [6.45, 7) is 7.68. The number of nitrogens with two attached hydrogens (primary N) is 1. The normalized spacial score (nSPS) is 11.9. The smallest absolute Gasteiger partial charge is 0.507 e. The molecule has 0 bridgehead atoms. The number of hydrogen-bond acceptors (Lipinski definition) is 7. The van der Waals surface area contributed by atoms with Gasteiger partial charge in [0.1, 0.15) is 17.3 Å². The summed E-state index contributed by atoms with van der Waals surface area (Å²) in [6, 6.07) is 16.1. The maximum absolute atomic E-state index is 12.5. The molecule has 210 valence electrons. The molecule has 0 aliphatic rings. The minimum Gasteiger partial charge on any atom is -0.507 e. The van der Waals surface area contributed by atoms with Crippen molar-refractivity contribution in [2.45, 2.75) is 26.3 Å². The molecule has 13 heteroatoms. The molecule has 3 rings (SSSR count). The van der Waals surface area contributed by atoms with Gasteiger partial charge in [-0.1, -0.05) is 12.1 Å². The van der Waals surface area contributed by atoms with Crippen molar-refractivity contribution in [1.82, 2.24) is 0 Å². The Hall–Kier alpha value is -4.10. The van der Waals surface area contributed by atoms with E-state index in [-0.39, 0.29) is 11.6 Å². The SMILES string of the molecule is CCN(CC)c1ccc2c(O)c(/C=C(\C)C(=O)Oc3ccc(C(=N)N)cc3)ccc2c1.O=S(=O)(O)C(F)(F)F.